The van der Waals surface area contributed by atoms with Crippen LogP contribution in [0.5, 0.6) is 5.75 Å². The van der Waals surface area contributed by atoms with Crippen LogP contribution < -0.4 is 15.2 Å². The Labute approximate surface area is 191 Å². The maximum atomic E-state index is 13.6. The zero-order valence-electron chi connectivity index (χ0n) is 19.1. The van der Waals surface area contributed by atoms with Crippen molar-refractivity contribution in [3.05, 3.63) is 65.1 Å². The van der Waals surface area contributed by atoms with E-state index in [1.807, 2.05) is 58.9 Å². The van der Waals surface area contributed by atoms with Crippen molar-refractivity contribution < 1.29 is 9.53 Å². The van der Waals surface area contributed by atoms with E-state index in [0.717, 1.165) is 40.8 Å². The molecule has 0 bridgehead atoms. The van der Waals surface area contributed by atoms with E-state index in [2.05, 4.69) is 16.1 Å². The summed E-state index contributed by atoms with van der Waals surface area (Å²) in [5, 5.41) is 5.90. The summed E-state index contributed by atoms with van der Waals surface area (Å²) in [6.07, 6.45) is 1.71. The van der Waals surface area contributed by atoms with E-state index in [-0.39, 0.29) is 11.5 Å². The number of para-hydroxylation sites is 1. The fourth-order valence-corrected chi connectivity index (χ4v) is 4.76. The molecule has 0 N–H and O–H groups in total. The molecular weight excluding hydrogens is 418 g/mol. The number of aryl methyl sites for hydroxylation is 1. The molecule has 1 fully saturated rings. The van der Waals surface area contributed by atoms with Crippen molar-refractivity contribution in [2.75, 3.05) is 38.2 Å². The van der Waals surface area contributed by atoms with Crippen molar-refractivity contribution in [2.24, 2.45) is 7.05 Å². The summed E-state index contributed by atoms with van der Waals surface area (Å²) in [6.45, 7) is 4.60. The smallest absolute Gasteiger partial charge is 0.291 e. The highest BCUT2D eigenvalue weighted by Gasteiger charge is 2.29. The van der Waals surface area contributed by atoms with Gasteiger partial charge >= 0.3 is 0 Å². The van der Waals surface area contributed by atoms with Crippen molar-refractivity contribution in [3.8, 4) is 5.75 Å². The minimum absolute atomic E-state index is 0.0156. The molecule has 1 saturated heterocycles. The van der Waals surface area contributed by atoms with Gasteiger partial charge in [-0.1, -0.05) is 24.3 Å². The molecule has 2 aromatic carbocycles. The lowest BCUT2D eigenvalue weighted by molar-refractivity contribution is -0.134. The maximum absolute atomic E-state index is 13.6. The number of rotatable bonds is 4. The van der Waals surface area contributed by atoms with E-state index in [1.165, 1.54) is 4.68 Å². The van der Waals surface area contributed by atoms with Crippen LogP contribution in [0.1, 0.15) is 13.0 Å². The van der Waals surface area contributed by atoms with Crippen LogP contribution in [0.4, 0.5) is 5.69 Å². The number of anilines is 1. The van der Waals surface area contributed by atoms with Gasteiger partial charge in [-0.3, -0.25) is 9.59 Å². The zero-order valence-corrected chi connectivity index (χ0v) is 19.1. The largest absolute Gasteiger partial charge is 0.497 e. The topological polar surface area (TPSA) is 72.6 Å². The fourth-order valence-electron chi connectivity index (χ4n) is 4.76. The predicted octanol–water partition coefficient (Wildman–Crippen LogP) is 2.81. The number of ether oxygens (including phenoxy) is 1. The van der Waals surface area contributed by atoms with E-state index in [9.17, 15) is 9.59 Å². The number of methoxy groups -OCH3 is 1. The number of piperazine rings is 1. The van der Waals surface area contributed by atoms with E-state index >= 15 is 0 Å². The normalized spacial score (nSPS) is 15.2. The first kappa shape index (κ1) is 21.1. The van der Waals surface area contributed by atoms with Gasteiger partial charge in [-0.15, -0.1) is 0 Å². The van der Waals surface area contributed by atoms with Crippen molar-refractivity contribution >= 4 is 33.4 Å². The summed E-state index contributed by atoms with van der Waals surface area (Å²) in [5.74, 6) is 0.837. The monoisotopic (exact) mass is 445 g/mol. The first-order valence-electron chi connectivity index (χ1n) is 11.1. The molecule has 1 atom stereocenters. The van der Waals surface area contributed by atoms with E-state index in [0.29, 0.717) is 18.6 Å². The first-order valence-corrected chi connectivity index (χ1v) is 11.1. The Morgan fingerprint density at radius 3 is 2.55 bits per heavy atom. The minimum atomic E-state index is -0.508. The third-order valence-corrected chi connectivity index (χ3v) is 6.56. The van der Waals surface area contributed by atoms with Gasteiger partial charge < -0.3 is 19.1 Å². The van der Waals surface area contributed by atoms with E-state index < -0.39 is 6.04 Å². The Morgan fingerprint density at radius 2 is 1.79 bits per heavy atom. The van der Waals surface area contributed by atoms with Crippen LogP contribution in [0.15, 0.2) is 59.5 Å². The molecule has 0 radical (unpaired) electrons. The number of hydrogen-bond donors (Lipinski definition) is 0. The number of nitrogens with zero attached hydrogens (tertiary/aromatic N) is 5. The molecule has 8 heteroatoms. The highest BCUT2D eigenvalue weighted by molar-refractivity contribution is 6.08. The van der Waals surface area contributed by atoms with Crippen molar-refractivity contribution in [1.82, 2.24) is 19.2 Å². The Balaban J connectivity index is 1.43. The molecule has 8 nitrogen and oxygen atoms in total. The van der Waals surface area contributed by atoms with Crippen molar-refractivity contribution in [2.45, 2.75) is 13.0 Å². The molecule has 170 valence electrons. The summed E-state index contributed by atoms with van der Waals surface area (Å²) in [4.78, 5) is 30.7. The van der Waals surface area contributed by atoms with Crippen LogP contribution in [-0.4, -0.2) is 58.4 Å². The Hall–Kier alpha value is -3.81. The van der Waals surface area contributed by atoms with Crippen LogP contribution in [0.3, 0.4) is 0 Å². The first-order chi connectivity index (χ1) is 16.0. The Morgan fingerprint density at radius 1 is 1.03 bits per heavy atom. The predicted molar refractivity (Wildman–Crippen MR) is 129 cm³/mol. The third kappa shape index (κ3) is 3.51. The van der Waals surface area contributed by atoms with E-state index in [4.69, 9.17) is 4.74 Å². The second-order valence-electron chi connectivity index (χ2n) is 8.41. The minimum Gasteiger partial charge on any atom is -0.497 e. The lowest BCUT2D eigenvalue weighted by Crippen LogP contribution is -2.50. The Kier molecular flexibility index (Phi) is 5.28. The molecule has 33 heavy (non-hydrogen) atoms. The molecule has 0 saturated carbocycles. The maximum Gasteiger partial charge on any atom is 0.291 e. The van der Waals surface area contributed by atoms with Gasteiger partial charge in [-0.05, 0) is 25.1 Å². The molecule has 0 aliphatic carbocycles. The average molecular weight is 446 g/mol. The molecule has 4 aromatic rings. The molecule has 1 aliphatic heterocycles. The molecular formula is C25H27N5O3. The van der Waals surface area contributed by atoms with E-state index in [1.54, 1.807) is 20.4 Å². The highest BCUT2D eigenvalue weighted by atomic mass is 16.5. The van der Waals surface area contributed by atoms with Gasteiger partial charge in [-0.25, -0.2) is 4.68 Å². The summed E-state index contributed by atoms with van der Waals surface area (Å²) in [6, 6.07) is 15.3. The van der Waals surface area contributed by atoms with Crippen molar-refractivity contribution in [1.29, 1.82) is 0 Å². The van der Waals surface area contributed by atoms with Crippen LogP contribution in [-0.2, 0) is 11.8 Å². The standard InChI is InChI=1S/C25H27N5O3/c1-17(24(31)29-13-11-28(12-14-29)18-7-6-8-19(15-18)33-3)30-22-10-5-4-9-20(22)21-16-26-27(2)25(32)23(21)30/h4-10,15-17H,11-14H2,1-3H3. The lowest BCUT2D eigenvalue weighted by Gasteiger charge is -2.37. The average Bonchev–Trinajstić information content (AvgIpc) is 3.20. The fraction of sp³-hybridized carbons (Fsp3) is 0.320. The number of aromatic nitrogens is 3. The van der Waals surface area contributed by atoms with Gasteiger partial charge in [0.2, 0.25) is 5.91 Å². The summed E-state index contributed by atoms with van der Waals surface area (Å²) >= 11 is 0. The van der Waals surface area contributed by atoms with Crippen LogP contribution in [0, 0.1) is 0 Å². The van der Waals surface area contributed by atoms with Gasteiger partial charge in [0.05, 0.1) is 18.8 Å². The summed E-state index contributed by atoms with van der Waals surface area (Å²) in [7, 11) is 3.29. The number of carbonyl (C=O) groups excluding carboxylic acids is 1. The molecule has 0 spiro atoms. The van der Waals surface area contributed by atoms with Gasteiger partial charge in [0.1, 0.15) is 17.3 Å². The molecule has 3 heterocycles. The number of benzene rings is 2. The number of fused-ring (bicyclic) bond motifs is 3. The molecule has 1 unspecified atom stereocenters. The second-order valence-corrected chi connectivity index (χ2v) is 8.41. The quantitative estimate of drug-likeness (QED) is 0.483. The molecule has 5 rings (SSSR count). The van der Waals surface area contributed by atoms with Gasteiger partial charge in [0.15, 0.2) is 0 Å². The highest BCUT2D eigenvalue weighted by Crippen LogP contribution is 2.30. The lowest BCUT2D eigenvalue weighted by atomic mass is 10.2. The number of amides is 1. The van der Waals surface area contributed by atoms with Gasteiger partial charge in [0.25, 0.3) is 5.56 Å². The number of carbonyl (C=O) groups is 1. The second kappa shape index (κ2) is 8.27. The zero-order chi connectivity index (χ0) is 23.1. The van der Waals surface area contributed by atoms with Crippen LogP contribution >= 0.6 is 0 Å². The Bertz CT molecular complexity index is 1400. The molecule has 1 aliphatic rings. The van der Waals surface area contributed by atoms with Crippen molar-refractivity contribution in [3.63, 3.8) is 0 Å². The van der Waals surface area contributed by atoms with Crippen LogP contribution in [0.2, 0.25) is 0 Å². The van der Waals surface area contributed by atoms with Gasteiger partial charge in [-0.2, -0.15) is 5.10 Å². The number of hydrogen-bond acceptors (Lipinski definition) is 5. The molecule has 2 aromatic heterocycles. The summed E-state index contributed by atoms with van der Waals surface area (Å²) < 4.78 is 8.54. The van der Waals surface area contributed by atoms with Gasteiger partial charge in [0, 0.05) is 55.8 Å². The third-order valence-electron chi connectivity index (χ3n) is 6.56. The SMILES string of the molecule is COc1cccc(N2CCN(C(=O)C(C)n3c4ccccc4c4cnn(C)c(=O)c43)CC2)c1. The molecule has 1 amide bonds. The van der Waals surface area contributed by atoms with Crippen LogP contribution in [0.25, 0.3) is 21.8 Å². The summed E-state index contributed by atoms with van der Waals surface area (Å²) in [5.41, 5.74) is 2.28.